The zero-order valence-electron chi connectivity index (χ0n) is 11.3. The van der Waals surface area contributed by atoms with Crippen LogP contribution in [0.1, 0.15) is 32.6 Å². The van der Waals surface area contributed by atoms with E-state index in [4.69, 9.17) is 0 Å². The molecular weight excluding hydrogens is 230 g/mol. The van der Waals surface area contributed by atoms with Crippen LogP contribution in [0.4, 0.5) is 0 Å². The molecule has 1 atom stereocenters. The normalized spacial score (nSPS) is 28.0. The molecule has 0 aromatic carbocycles. The molecule has 0 aliphatic carbocycles. The maximum absolute atomic E-state index is 12.3. The van der Waals surface area contributed by atoms with Gasteiger partial charge >= 0.3 is 0 Å². The Hall–Kier alpha value is -1.10. The van der Waals surface area contributed by atoms with Crippen molar-refractivity contribution in [3.05, 3.63) is 0 Å². The van der Waals surface area contributed by atoms with Crippen LogP contribution >= 0.6 is 0 Å². The van der Waals surface area contributed by atoms with Gasteiger partial charge in [0.1, 0.15) is 0 Å². The molecule has 5 heteroatoms. The second-order valence-electron chi connectivity index (χ2n) is 5.79. The highest BCUT2D eigenvalue weighted by molar-refractivity contribution is 5.83. The van der Waals surface area contributed by atoms with Crippen molar-refractivity contribution in [2.75, 3.05) is 26.7 Å². The molecule has 2 aliphatic rings. The first kappa shape index (κ1) is 13.3. The summed E-state index contributed by atoms with van der Waals surface area (Å²) in [7, 11) is 1.80. The second-order valence-corrected chi connectivity index (χ2v) is 5.79. The highest BCUT2D eigenvalue weighted by Gasteiger charge is 2.36. The number of hydrogen-bond acceptors (Lipinski definition) is 3. The van der Waals surface area contributed by atoms with Crippen molar-refractivity contribution in [2.24, 2.45) is 5.41 Å². The van der Waals surface area contributed by atoms with Crippen LogP contribution in [0, 0.1) is 5.41 Å². The van der Waals surface area contributed by atoms with Crippen LogP contribution in [0.15, 0.2) is 0 Å². The van der Waals surface area contributed by atoms with Crippen molar-refractivity contribution in [2.45, 2.75) is 38.6 Å². The van der Waals surface area contributed by atoms with Crippen LogP contribution in [0.2, 0.25) is 0 Å². The van der Waals surface area contributed by atoms with Crippen LogP contribution < -0.4 is 10.6 Å². The lowest BCUT2D eigenvalue weighted by Gasteiger charge is -2.36. The first-order valence-electron chi connectivity index (χ1n) is 6.77. The third-order valence-corrected chi connectivity index (χ3v) is 4.22. The van der Waals surface area contributed by atoms with Gasteiger partial charge in [-0.25, -0.2) is 0 Å². The summed E-state index contributed by atoms with van der Waals surface area (Å²) in [5, 5.41) is 6.40. The van der Waals surface area contributed by atoms with Gasteiger partial charge in [-0.1, -0.05) is 6.92 Å². The van der Waals surface area contributed by atoms with E-state index in [0.717, 1.165) is 32.4 Å². The molecule has 2 heterocycles. The van der Waals surface area contributed by atoms with Gasteiger partial charge in [0.15, 0.2) is 0 Å². The minimum Gasteiger partial charge on any atom is -0.351 e. The number of carbonyl (C=O) groups is 2. The van der Waals surface area contributed by atoms with E-state index in [1.165, 1.54) is 0 Å². The minimum absolute atomic E-state index is 0.118. The average Bonchev–Trinajstić information content (AvgIpc) is 2.35. The summed E-state index contributed by atoms with van der Waals surface area (Å²) in [6.07, 6.45) is 3.09. The van der Waals surface area contributed by atoms with Crippen LogP contribution in [0.25, 0.3) is 0 Å². The number of carbonyl (C=O) groups excluding carboxylic acids is 2. The maximum Gasteiger partial charge on any atom is 0.226 e. The predicted octanol–water partition coefficient (Wildman–Crippen LogP) is 0.113. The van der Waals surface area contributed by atoms with Gasteiger partial charge in [0.2, 0.25) is 11.8 Å². The molecule has 2 aliphatic heterocycles. The number of nitrogens with one attached hydrogen (secondary N) is 2. The zero-order valence-corrected chi connectivity index (χ0v) is 11.3. The SMILES string of the molecule is CN1CC(NC(=O)C2(C)CCNCC2)CCC1=O. The molecule has 102 valence electrons. The van der Waals surface area contributed by atoms with Crippen molar-refractivity contribution in [3.8, 4) is 0 Å². The lowest BCUT2D eigenvalue weighted by atomic mass is 9.80. The summed E-state index contributed by atoms with van der Waals surface area (Å²) in [4.78, 5) is 25.4. The van der Waals surface area contributed by atoms with Crippen molar-refractivity contribution in [1.82, 2.24) is 15.5 Å². The number of amides is 2. The van der Waals surface area contributed by atoms with Gasteiger partial charge in [0.05, 0.1) is 0 Å². The summed E-state index contributed by atoms with van der Waals surface area (Å²) in [6, 6.07) is 0.118. The summed E-state index contributed by atoms with van der Waals surface area (Å²) < 4.78 is 0. The number of piperidine rings is 2. The highest BCUT2D eigenvalue weighted by atomic mass is 16.2. The van der Waals surface area contributed by atoms with Crippen molar-refractivity contribution in [1.29, 1.82) is 0 Å². The summed E-state index contributed by atoms with van der Waals surface area (Å²) in [5.41, 5.74) is -0.245. The fraction of sp³-hybridized carbons (Fsp3) is 0.846. The smallest absolute Gasteiger partial charge is 0.226 e. The van der Waals surface area contributed by atoms with Crippen molar-refractivity contribution >= 4 is 11.8 Å². The molecule has 0 radical (unpaired) electrons. The van der Waals surface area contributed by atoms with Gasteiger partial charge in [-0.2, -0.15) is 0 Å². The van der Waals surface area contributed by atoms with Crippen molar-refractivity contribution < 1.29 is 9.59 Å². The molecule has 2 fully saturated rings. The first-order valence-corrected chi connectivity index (χ1v) is 6.77. The van der Waals surface area contributed by atoms with Crippen LogP contribution in [0.3, 0.4) is 0 Å². The molecular formula is C13H23N3O2. The van der Waals surface area contributed by atoms with Gasteiger partial charge in [-0.05, 0) is 32.4 Å². The highest BCUT2D eigenvalue weighted by Crippen LogP contribution is 2.28. The van der Waals surface area contributed by atoms with Crippen LogP contribution in [0.5, 0.6) is 0 Å². The monoisotopic (exact) mass is 253 g/mol. The molecule has 2 N–H and O–H groups in total. The van der Waals surface area contributed by atoms with Gasteiger partial charge in [0.25, 0.3) is 0 Å². The third kappa shape index (κ3) is 2.83. The molecule has 1 unspecified atom stereocenters. The molecule has 0 aromatic heterocycles. The van der Waals surface area contributed by atoms with E-state index in [1.54, 1.807) is 11.9 Å². The van der Waals surface area contributed by atoms with E-state index in [2.05, 4.69) is 10.6 Å². The predicted molar refractivity (Wildman–Crippen MR) is 69.0 cm³/mol. The minimum atomic E-state index is -0.245. The van der Waals surface area contributed by atoms with E-state index in [-0.39, 0.29) is 23.3 Å². The molecule has 2 rings (SSSR count). The Bertz CT molecular complexity index is 337. The number of rotatable bonds is 2. The zero-order chi connectivity index (χ0) is 13.2. The van der Waals surface area contributed by atoms with E-state index >= 15 is 0 Å². The molecule has 0 bridgehead atoms. The summed E-state index contributed by atoms with van der Waals surface area (Å²) in [5.74, 6) is 0.324. The van der Waals surface area contributed by atoms with Gasteiger partial charge in [-0.3, -0.25) is 9.59 Å². The number of likely N-dealkylation sites (N-methyl/N-ethyl adjacent to an activating group) is 1. The second kappa shape index (κ2) is 5.26. The van der Waals surface area contributed by atoms with Gasteiger partial charge in [0, 0.05) is 31.5 Å². The standard InChI is InChI=1S/C13H23N3O2/c1-13(5-7-14-8-6-13)12(18)15-10-3-4-11(17)16(2)9-10/h10,14H,3-9H2,1-2H3,(H,15,18). The average molecular weight is 253 g/mol. The number of nitrogens with zero attached hydrogens (tertiary/aromatic N) is 1. The Labute approximate surface area is 108 Å². The quantitative estimate of drug-likeness (QED) is 0.734. The molecule has 0 aromatic rings. The van der Waals surface area contributed by atoms with E-state index in [1.807, 2.05) is 6.92 Å². The fourth-order valence-electron chi connectivity index (χ4n) is 2.70. The van der Waals surface area contributed by atoms with E-state index in [0.29, 0.717) is 13.0 Å². The lowest BCUT2D eigenvalue weighted by molar-refractivity contribution is -0.137. The Morgan fingerprint density at radius 1 is 1.44 bits per heavy atom. The largest absolute Gasteiger partial charge is 0.351 e. The summed E-state index contributed by atoms with van der Waals surface area (Å²) >= 11 is 0. The molecule has 2 amide bonds. The topological polar surface area (TPSA) is 61.4 Å². The molecule has 18 heavy (non-hydrogen) atoms. The Morgan fingerprint density at radius 2 is 2.11 bits per heavy atom. The van der Waals surface area contributed by atoms with E-state index < -0.39 is 0 Å². The van der Waals surface area contributed by atoms with Gasteiger partial charge in [-0.15, -0.1) is 0 Å². The summed E-state index contributed by atoms with van der Waals surface area (Å²) in [6.45, 7) is 4.50. The van der Waals surface area contributed by atoms with Crippen molar-refractivity contribution in [3.63, 3.8) is 0 Å². The Morgan fingerprint density at radius 3 is 2.72 bits per heavy atom. The Balaban J connectivity index is 1.89. The molecule has 2 saturated heterocycles. The fourth-order valence-corrected chi connectivity index (χ4v) is 2.70. The molecule has 5 nitrogen and oxygen atoms in total. The van der Waals surface area contributed by atoms with E-state index in [9.17, 15) is 9.59 Å². The number of hydrogen-bond donors (Lipinski definition) is 2. The third-order valence-electron chi connectivity index (χ3n) is 4.22. The maximum atomic E-state index is 12.3. The van der Waals surface area contributed by atoms with Gasteiger partial charge < -0.3 is 15.5 Å². The number of likely N-dealkylation sites (tertiary alicyclic amines) is 1. The molecule has 0 spiro atoms. The lowest BCUT2D eigenvalue weighted by Crippen LogP contribution is -2.53. The molecule has 0 saturated carbocycles. The van der Waals surface area contributed by atoms with Crippen LogP contribution in [-0.4, -0.2) is 49.4 Å². The Kier molecular flexibility index (Phi) is 3.90. The van der Waals surface area contributed by atoms with Crippen LogP contribution in [-0.2, 0) is 9.59 Å². The first-order chi connectivity index (χ1) is 8.51.